The SMILES string of the molecule is C=C(C)C(=O)OC1(C2CCCC2)CCCCC1. The third kappa shape index (κ3) is 2.72. The molecule has 17 heavy (non-hydrogen) atoms. The average Bonchev–Trinajstić information content (AvgIpc) is 2.84. The Kier molecular flexibility index (Phi) is 3.90. The topological polar surface area (TPSA) is 26.3 Å². The number of esters is 1. The molecule has 2 aliphatic rings. The minimum atomic E-state index is -0.182. The zero-order valence-electron chi connectivity index (χ0n) is 11.0. The molecule has 2 saturated carbocycles. The van der Waals surface area contributed by atoms with E-state index in [1.807, 2.05) is 0 Å². The summed E-state index contributed by atoms with van der Waals surface area (Å²) in [6.45, 7) is 5.45. The first-order valence-corrected chi connectivity index (χ1v) is 7.03. The Labute approximate surface area is 104 Å². The monoisotopic (exact) mass is 236 g/mol. The first-order chi connectivity index (χ1) is 8.14. The van der Waals surface area contributed by atoms with Gasteiger partial charge in [0.15, 0.2) is 0 Å². The largest absolute Gasteiger partial charge is 0.455 e. The molecule has 0 saturated heterocycles. The van der Waals surface area contributed by atoms with Crippen LogP contribution in [0.15, 0.2) is 12.2 Å². The molecular weight excluding hydrogens is 212 g/mol. The van der Waals surface area contributed by atoms with E-state index >= 15 is 0 Å². The third-order valence-electron chi connectivity index (χ3n) is 4.44. The van der Waals surface area contributed by atoms with E-state index in [1.54, 1.807) is 6.92 Å². The summed E-state index contributed by atoms with van der Waals surface area (Å²) in [6.07, 6.45) is 10.9. The molecule has 0 spiro atoms. The minimum absolute atomic E-state index is 0.148. The van der Waals surface area contributed by atoms with E-state index in [4.69, 9.17) is 4.74 Å². The molecular formula is C15H24O2. The van der Waals surface area contributed by atoms with Crippen LogP contribution in [0.5, 0.6) is 0 Å². The van der Waals surface area contributed by atoms with Crippen LogP contribution >= 0.6 is 0 Å². The summed E-state index contributed by atoms with van der Waals surface area (Å²) in [5.41, 5.74) is 0.387. The second-order valence-electron chi connectivity index (χ2n) is 5.78. The van der Waals surface area contributed by atoms with Crippen LogP contribution in [0.4, 0.5) is 0 Å². The third-order valence-corrected chi connectivity index (χ3v) is 4.44. The van der Waals surface area contributed by atoms with Crippen molar-refractivity contribution in [3.63, 3.8) is 0 Å². The molecule has 0 aromatic heterocycles. The summed E-state index contributed by atoms with van der Waals surface area (Å²) in [4.78, 5) is 11.9. The maximum Gasteiger partial charge on any atom is 0.333 e. The van der Waals surface area contributed by atoms with Crippen LogP contribution in [-0.2, 0) is 9.53 Å². The number of hydrogen-bond acceptors (Lipinski definition) is 2. The normalized spacial score (nSPS) is 24.5. The van der Waals surface area contributed by atoms with Gasteiger partial charge in [0.1, 0.15) is 5.60 Å². The van der Waals surface area contributed by atoms with Crippen molar-refractivity contribution in [2.75, 3.05) is 0 Å². The molecule has 2 rings (SSSR count). The van der Waals surface area contributed by atoms with E-state index in [0.717, 1.165) is 12.8 Å². The van der Waals surface area contributed by atoms with Crippen molar-refractivity contribution >= 4 is 5.97 Å². The Morgan fingerprint density at radius 2 is 1.71 bits per heavy atom. The highest BCUT2D eigenvalue weighted by molar-refractivity contribution is 5.87. The predicted octanol–water partition coefficient (Wildman–Crippen LogP) is 4.00. The molecule has 0 radical (unpaired) electrons. The standard InChI is InChI=1S/C15H24O2/c1-12(2)14(16)17-15(10-6-3-7-11-15)13-8-4-5-9-13/h13H,1,3-11H2,2H3. The fraction of sp³-hybridized carbons (Fsp3) is 0.800. The Morgan fingerprint density at radius 3 is 2.24 bits per heavy atom. The molecule has 0 amide bonds. The van der Waals surface area contributed by atoms with Crippen molar-refractivity contribution in [1.29, 1.82) is 0 Å². The second kappa shape index (κ2) is 5.24. The van der Waals surface area contributed by atoms with Crippen molar-refractivity contribution in [3.8, 4) is 0 Å². The average molecular weight is 236 g/mol. The smallest absolute Gasteiger partial charge is 0.333 e. The summed E-state index contributed by atoms with van der Waals surface area (Å²) in [6, 6.07) is 0. The van der Waals surface area contributed by atoms with E-state index in [0.29, 0.717) is 11.5 Å². The van der Waals surface area contributed by atoms with Crippen molar-refractivity contribution in [3.05, 3.63) is 12.2 Å². The zero-order chi connectivity index (χ0) is 12.3. The number of rotatable bonds is 3. The van der Waals surface area contributed by atoms with Gasteiger partial charge in [-0.25, -0.2) is 4.79 Å². The summed E-state index contributed by atoms with van der Waals surface area (Å²) >= 11 is 0. The molecule has 0 unspecified atom stereocenters. The first kappa shape index (κ1) is 12.7. The lowest BCUT2D eigenvalue weighted by Crippen LogP contribution is -2.43. The van der Waals surface area contributed by atoms with Crippen molar-refractivity contribution < 1.29 is 9.53 Å². The van der Waals surface area contributed by atoms with Crippen molar-refractivity contribution in [2.24, 2.45) is 5.92 Å². The van der Waals surface area contributed by atoms with Gasteiger partial charge in [0, 0.05) is 5.57 Å². The zero-order valence-corrected chi connectivity index (χ0v) is 11.0. The van der Waals surface area contributed by atoms with E-state index in [9.17, 15) is 4.79 Å². The molecule has 2 fully saturated rings. The summed E-state index contributed by atoms with van der Waals surface area (Å²) in [7, 11) is 0. The van der Waals surface area contributed by atoms with Crippen LogP contribution in [0.3, 0.4) is 0 Å². The summed E-state index contributed by atoms with van der Waals surface area (Å²) in [5.74, 6) is 0.421. The van der Waals surface area contributed by atoms with Gasteiger partial charge in [0.05, 0.1) is 0 Å². The maximum absolute atomic E-state index is 11.9. The molecule has 0 aromatic rings. The molecule has 0 atom stereocenters. The van der Waals surface area contributed by atoms with Crippen LogP contribution < -0.4 is 0 Å². The lowest BCUT2D eigenvalue weighted by molar-refractivity contribution is -0.166. The highest BCUT2D eigenvalue weighted by Gasteiger charge is 2.44. The fourth-order valence-electron chi connectivity index (χ4n) is 3.47. The summed E-state index contributed by atoms with van der Waals surface area (Å²) < 4.78 is 5.89. The molecule has 0 aromatic carbocycles. The number of carbonyl (C=O) groups excluding carboxylic acids is 1. The summed E-state index contributed by atoms with van der Waals surface area (Å²) in [5, 5.41) is 0. The Balaban J connectivity index is 2.10. The molecule has 0 N–H and O–H groups in total. The number of ether oxygens (including phenoxy) is 1. The second-order valence-corrected chi connectivity index (χ2v) is 5.78. The van der Waals surface area contributed by atoms with Gasteiger partial charge in [-0.2, -0.15) is 0 Å². The molecule has 0 bridgehead atoms. The number of hydrogen-bond donors (Lipinski definition) is 0. The van der Waals surface area contributed by atoms with Gasteiger partial charge in [0.2, 0.25) is 0 Å². The Morgan fingerprint density at radius 1 is 1.12 bits per heavy atom. The van der Waals surface area contributed by atoms with Gasteiger partial charge in [-0.15, -0.1) is 0 Å². The van der Waals surface area contributed by atoms with Crippen LogP contribution in [0, 0.1) is 5.92 Å². The highest BCUT2D eigenvalue weighted by Crippen LogP contribution is 2.45. The fourth-order valence-corrected chi connectivity index (χ4v) is 3.47. The number of carbonyl (C=O) groups is 1. The lowest BCUT2D eigenvalue weighted by Gasteiger charge is -2.41. The Bertz CT molecular complexity index is 294. The molecule has 96 valence electrons. The van der Waals surface area contributed by atoms with Gasteiger partial charge in [0.25, 0.3) is 0 Å². The first-order valence-electron chi connectivity index (χ1n) is 7.03. The van der Waals surface area contributed by atoms with Crippen LogP contribution in [0.1, 0.15) is 64.7 Å². The highest BCUT2D eigenvalue weighted by atomic mass is 16.6. The van der Waals surface area contributed by atoms with E-state index < -0.39 is 0 Å². The Hall–Kier alpha value is -0.790. The van der Waals surface area contributed by atoms with Crippen LogP contribution in [0.2, 0.25) is 0 Å². The molecule has 2 heteroatoms. The van der Waals surface area contributed by atoms with E-state index in [2.05, 4.69) is 6.58 Å². The van der Waals surface area contributed by atoms with Crippen molar-refractivity contribution in [2.45, 2.75) is 70.3 Å². The predicted molar refractivity (Wildman–Crippen MR) is 68.7 cm³/mol. The maximum atomic E-state index is 11.9. The lowest BCUT2D eigenvalue weighted by atomic mass is 9.74. The van der Waals surface area contributed by atoms with E-state index in [1.165, 1.54) is 44.9 Å². The van der Waals surface area contributed by atoms with E-state index in [-0.39, 0.29) is 11.6 Å². The van der Waals surface area contributed by atoms with Gasteiger partial charge < -0.3 is 4.74 Å². The van der Waals surface area contributed by atoms with Gasteiger partial charge in [-0.1, -0.05) is 25.8 Å². The molecule has 0 aliphatic heterocycles. The van der Waals surface area contributed by atoms with Crippen LogP contribution in [-0.4, -0.2) is 11.6 Å². The van der Waals surface area contributed by atoms with Gasteiger partial charge in [-0.3, -0.25) is 0 Å². The van der Waals surface area contributed by atoms with Crippen molar-refractivity contribution in [1.82, 2.24) is 0 Å². The molecule has 0 heterocycles. The van der Waals surface area contributed by atoms with Crippen LogP contribution in [0.25, 0.3) is 0 Å². The minimum Gasteiger partial charge on any atom is -0.455 e. The quantitative estimate of drug-likeness (QED) is 0.547. The molecule has 2 aliphatic carbocycles. The van der Waals surface area contributed by atoms with Gasteiger partial charge in [-0.05, 0) is 51.4 Å². The van der Waals surface area contributed by atoms with Gasteiger partial charge >= 0.3 is 5.97 Å². The molecule has 2 nitrogen and oxygen atoms in total.